The summed E-state index contributed by atoms with van der Waals surface area (Å²) in [6.45, 7) is 0.496. The summed E-state index contributed by atoms with van der Waals surface area (Å²) in [5.41, 5.74) is 6.87. The van der Waals surface area contributed by atoms with Crippen molar-refractivity contribution < 1.29 is 4.52 Å². The molecule has 3 heteroatoms. The van der Waals surface area contributed by atoms with Gasteiger partial charge in [-0.2, -0.15) is 0 Å². The molecule has 4 bridgehead atoms. The molecule has 0 saturated heterocycles. The molecule has 0 amide bonds. The lowest BCUT2D eigenvalue weighted by Crippen LogP contribution is -2.48. The molecule has 4 saturated carbocycles. The molecule has 0 radical (unpaired) electrons. The monoisotopic (exact) mass is 232 g/mol. The lowest BCUT2D eigenvalue weighted by molar-refractivity contribution is -0.0175. The van der Waals surface area contributed by atoms with Crippen LogP contribution in [0.4, 0.5) is 0 Å². The van der Waals surface area contributed by atoms with Gasteiger partial charge in [0.25, 0.3) is 0 Å². The number of hydrogen-bond donors (Lipinski definition) is 1. The summed E-state index contributed by atoms with van der Waals surface area (Å²) in [6.07, 6.45) is 8.40. The van der Waals surface area contributed by atoms with Crippen molar-refractivity contribution in [2.24, 2.45) is 23.5 Å². The fourth-order valence-electron chi connectivity index (χ4n) is 5.07. The summed E-state index contributed by atoms with van der Waals surface area (Å²) in [7, 11) is 0. The van der Waals surface area contributed by atoms with Gasteiger partial charge in [-0.15, -0.1) is 0 Å². The summed E-state index contributed by atoms with van der Waals surface area (Å²) in [4.78, 5) is 0. The Morgan fingerprint density at radius 2 is 1.76 bits per heavy atom. The van der Waals surface area contributed by atoms with Crippen LogP contribution in [0.1, 0.15) is 50.0 Å². The maximum Gasteiger partial charge on any atom is 0.143 e. The van der Waals surface area contributed by atoms with Gasteiger partial charge in [0.1, 0.15) is 5.76 Å². The van der Waals surface area contributed by atoms with E-state index < -0.39 is 0 Å². The van der Waals surface area contributed by atoms with Crippen molar-refractivity contribution in [3.63, 3.8) is 0 Å². The smallest absolute Gasteiger partial charge is 0.143 e. The van der Waals surface area contributed by atoms with E-state index in [9.17, 15) is 0 Å². The molecule has 0 aromatic carbocycles. The summed E-state index contributed by atoms with van der Waals surface area (Å²) < 4.78 is 5.61. The van der Waals surface area contributed by atoms with E-state index in [0.717, 1.165) is 29.2 Å². The largest absolute Gasteiger partial charge is 0.361 e. The van der Waals surface area contributed by atoms with Crippen LogP contribution in [0.2, 0.25) is 0 Å². The third-order valence-electron chi connectivity index (χ3n) is 5.33. The number of hydrogen-bond acceptors (Lipinski definition) is 3. The first-order chi connectivity index (χ1) is 8.27. The van der Waals surface area contributed by atoms with Crippen LogP contribution in [0.25, 0.3) is 0 Å². The minimum atomic E-state index is 0.329. The van der Waals surface area contributed by atoms with E-state index in [4.69, 9.17) is 10.3 Å². The third kappa shape index (κ3) is 1.41. The van der Waals surface area contributed by atoms with Crippen LogP contribution < -0.4 is 5.73 Å². The van der Waals surface area contributed by atoms with Gasteiger partial charge in [0, 0.05) is 18.0 Å². The zero-order valence-corrected chi connectivity index (χ0v) is 10.2. The minimum absolute atomic E-state index is 0.329. The van der Waals surface area contributed by atoms with Crippen LogP contribution in [0.5, 0.6) is 0 Å². The number of rotatable bonds is 2. The SMILES string of the molecule is NCc1cc(C23CC4CC(CC(C4)C2)C3)on1. The first-order valence-corrected chi connectivity index (χ1v) is 6.93. The van der Waals surface area contributed by atoms with Gasteiger partial charge in [-0.25, -0.2) is 0 Å². The highest BCUT2D eigenvalue weighted by Crippen LogP contribution is 2.60. The highest BCUT2D eigenvalue weighted by molar-refractivity contribution is 5.22. The van der Waals surface area contributed by atoms with Crippen LogP contribution in [0.3, 0.4) is 0 Å². The van der Waals surface area contributed by atoms with Crippen molar-refractivity contribution in [1.29, 1.82) is 0 Å². The Morgan fingerprint density at radius 3 is 2.24 bits per heavy atom. The summed E-state index contributed by atoms with van der Waals surface area (Å²) in [5, 5.41) is 4.09. The van der Waals surface area contributed by atoms with Crippen molar-refractivity contribution in [2.75, 3.05) is 0 Å². The Morgan fingerprint density at radius 1 is 1.18 bits per heavy atom. The Hall–Kier alpha value is -0.830. The van der Waals surface area contributed by atoms with Gasteiger partial charge < -0.3 is 10.3 Å². The van der Waals surface area contributed by atoms with Gasteiger partial charge in [0.15, 0.2) is 0 Å². The van der Waals surface area contributed by atoms with E-state index in [1.54, 1.807) is 0 Å². The molecule has 1 aromatic heterocycles. The molecule has 92 valence electrons. The van der Waals surface area contributed by atoms with E-state index in [-0.39, 0.29) is 0 Å². The second kappa shape index (κ2) is 3.35. The molecule has 4 aliphatic carbocycles. The summed E-state index contributed by atoms with van der Waals surface area (Å²) in [5.74, 6) is 3.99. The van der Waals surface area contributed by atoms with Crippen molar-refractivity contribution in [3.8, 4) is 0 Å². The number of aromatic nitrogens is 1. The second-order valence-electron chi connectivity index (χ2n) is 6.58. The van der Waals surface area contributed by atoms with E-state index in [1.165, 1.54) is 38.5 Å². The predicted molar refractivity (Wildman–Crippen MR) is 64.2 cm³/mol. The normalized spacial score (nSPS) is 43.2. The van der Waals surface area contributed by atoms with Gasteiger partial charge in [-0.05, 0) is 56.3 Å². The van der Waals surface area contributed by atoms with Crippen LogP contribution in [0.15, 0.2) is 10.6 Å². The van der Waals surface area contributed by atoms with E-state index >= 15 is 0 Å². The molecule has 0 atom stereocenters. The molecule has 0 spiro atoms. The highest BCUT2D eigenvalue weighted by Gasteiger charge is 2.53. The number of nitrogens with two attached hydrogens (primary N) is 1. The highest BCUT2D eigenvalue weighted by atomic mass is 16.5. The molecule has 4 fully saturated rings. The van der Waals surface area contributed by atoms with E-state index in [2.05, 4.69) is 11.2 Å². The molecule has 5 rings (SSSR count). The van der Waals surface area contributed by atoms with Crippen LogP contribution in [0, 0.1) is 17.8 Å². The van der Waals surface area contributed by atoms with Crippen LogP contribution in [-0.4, -0.2) is 5.16 Å². The van der Waals surface area contributed by atoms with Gasteiger partial charge in [-0.3, -0.25) is 0 Å². The molecule has 3 nitrogen and oxygen atoms in total. The lowest BCUT2D eigenvalue weighted by atomic mass is 9.49. The molecule has 0 unspecified atom stereocenters. The lowest BCUT2D eigenvalue weighted by Gasteiger charge is -2.55. The van der Waals surface area contributed by atoms with Crippen molar-refractivity contribution in [1.82, 2.24) is 5.16 Å². The predicted octanol–water partition coefficient (Wildman–Crippen LogP) is 2.60. The van der Waals surface area contributed by atoms with Gasteiger partial charge in [0.2, 0.25) is 0 Å². The molecule has 17 heavy (non-hydrogen) atoms. The van der Waals surface area contributed by atoms with Crippen molar-refractivity contribution in [3.05, 3.63) is 17.5 Å². The minimum Gasteiger partial charge on any atom is -0.361 e. The van der Waals surface area contributed by atoms with E-state index in [0.29, 0.717) is 12.0 Å². The van der Waals surface area contributed by atoms with Crippen molar-refractivity contribution >= 4 is 0 Å². The standard InChI is InChI=1S/C14H20N2O/c15-8-12-4-13(17-16-12)14-5-9-1-10(6-14)3-11(2-9)7-14/h4,9-11H,1-3,5-8,15H2. The molecular weight excluding hydrogens is 212 g/mol. The fraction of sp³-hybridized carbons (Fsp3) is 0.786. The summed E-state index contributed by atoms with van der Waals surface area (Å²) >= 11 is 0. The molecular formula is C14H20N2O. The molecule has 0 aliphatic heterocycles. The average Bonchev–Trinajstić information content (AvgIpc) is 2.76. The average molecular weight is 232 g/mol. The number of nitrogens with zero attached hydrogens (tertiary/aromatic N) is 1. The zero-order valence-electron chi connectivity index (χ0n) is 10.2. The Labute approximate surface area is 102 Å². The molecule has 2 N–H and O–H groups in total. The van der Waals surface area contributed by atoms with Gasteiger partial charge in [-0.1, -0.05) is 5.16 Å². The Bertz CT molecular complexity index is 402. The second-order valence-corrected chi connectivity index (χ2v) is 6.58. The van der Waals surface area contributed by atoms with E-state index in [1.807, 2.05) is 0 Å². The van der Waals surface area contributed by atoms with Crippen LogP contribution in [-0.2, 0) is 12.0 Å². The first-order valence-electron chi connectivity index (χ1n) is 6.93. The van der Waals surface area contributed by atoms with Gasteiger partial charge >= 0.3 is 0 Å². The Balaban J connectivity index is 1.72. The quantitative estimate of drug-likeness (QED) is 0.852. The van der Waals surface area contributed by atoms with Crippen LogP contribution >= 0.6 is 0 Å². The maximum absolute atomic E-state index is 5.63. The molecule has 4 aliphatic rings. The fourth-order valence-corrected chi connectivity index (χ4v) is 5.07. The molecule has 1 aromatic rings. The first kappa shape index (κ1) is 10.1. The summed E-state index contributed by atoms with van der Waals surface area (Å²) in [6, 6.07) is 2.12. The molecule has 1 heterocycles. The third-order valence-corrected chi connectivity index (χ3v) is 5.33. The topological polar surface area (TPSA) is 52.0 Å². The Kier molecular flexibility index (Phi) is 1.99. The van der Waals surface area contributed by atoms with Gasteiger partial charge in [0.05, 0.1) is 5.69 Å². The maximum atomic E-state index is 5.63. The zero-order chi connectivity index (χ0) is 11.5. The van der Waals surface area contributed by atoms with Crippen molar-refractivity contribution in [2.45, 2.75) is 50.5 Å².